The molecule has 116 valence electrons. The topological polar surface area (TPSA) is 77.9 Å². The lowest BCUT2D eigenvalue weighted by atomic mass is 10.1. The molecular weight excluding hydrogens is 280 g/mol. The van der Waals surface area contributed by atoms with Gasteiger partial charge in [-0.15, -0.1) is 0 Å². The summed E-state index contributed by atoms with van der Waals surface area (Å²) in [6.07, 6.45) is 3.37. The van der Waals surface area contributed by atoms with Gasteiger partial charge in [-0.05, 0) is 39.8 Å². The number of hydrogen-bond donors (Lipinski definition) is 1. The molecule has 20 heavy (non-hydrogen) atoms. The summed E-state index contributed by atoms with van der Waals surface area (Å²) in [7, 11) is 0.357. The van der Waals surface area contributed by atoms with Gasteiger partial charge < -0.3 is 10.0 Å². The van der Waals surface area contributed by atoms with Gasteiger partial charge >= 0.3 is 5.97 Å². The van der Waals surface area contributed by atoms with E-state index in [1.807, 2.05) is 19.0 Å². The molecule has 2 aliphatic rings. The highest BCUT2D eigenvalue weighted by atomic mass is 32.2. The average Bonchev–Trinajstić information content (AvgIpc) is 2.94. The molecule has 1 saturated heterocycles. The number of rotatable bonds is 5. The molecule has 2 rings (SSSR count). The molecular formula is C13H24N2O4S. The van der Waals surface area contributed by atoms with Crippen molar-refractivity contribution in [2.24, 2.45) is 5.92 Å². The Bertz CT molecular complexity index is 463. The molecule has 0 bridgehead atoms. The van der Waals surface area contributed by atoms with Crippen LogP contribution in [-0.4, -0.2) is 67.2 Å². The second kappa shape index (κ2) is 5.99. The Labute approximate surface area is 120 Å². The van der Waals surface area contributed by atoms with E-state index < -0.39 is 27.2 Å². The van der Waals surface area contributed by atoms with Crippen molar-refractivity contribution < 1.29 is 18.3 Å². The van der Waals surface area contributed by atoms with Crippen molar-refractivity contribution >= 4 is 16.0 Å². The van der Waals surface area contributed by atoms with Gasteiger partial charge in [-0.1, -0.05) is 6.42 Å². The zero-order valence-corrected chi connectivity index (χ0v) is 13.0. The zero-order chi connectivity index (χ0) is 14.9. The van der Waals surface area contributed by atoms with E-state index in [1.165, 1.54) is 0 Å². The molecule has 0 spiro atoms. The third-order valence-corrected chi connectivity index (χ3v) is 6.84. The number of sulfonamides is 1. The lowest BCUT2D eigenvalue weighted by molar-refractivity contribution is -0.141. The number of nitrogens with zero attached hydrogens (tertiary/aromatic N) is 2. The molecule has 0 radical (unpaired) electrons. The number of carboxylic acids is 1. The van der Waals surface area contributed by atoms with Gasteiger partial charge in [0.1, 0.15) is 0 Å². The first-order chi connectivity index (χ1) is 9.34. The van der Waals surface area contributed by atoms with Crippen LogP contribution in [0.5, 0.6) is 0 Å². The Morgan fingerprint density at radius 3 is 2.55 bits per heavy atom. The summed E-state index contributed by atoms with van der Waals surface area (Å²) < 4.78 is 27.1. The molecule has 1 N–H and O–H groups in total. The summed E-state index contributed by atoms with van der Waals surface area (Å²) in [5, 5.41) is 8.48. The SMILES string of the molecule is CN(C)CC1CCCN1S(=O)(=O)C1CCCC1C(=O)O. The first-order valence-electron chi connectivity index (χ1n) is 7.22. The van der Waals surface area contributed by atoms with E-state index >= 15 is 0 Å². The molecule has 0 aromatic carbocycles. The van der Waals surface area contributed by atoms with Crippen LogP contribution in [0.1, 0.15) is 32.1 Å². The van der Waals surface area contributed by atoms with Crippen molar-refractivity contribution in [3.05, 3.63) is 0 Å². The fraction of sp³-hybridized carbons (Fsp3) is 0.923. The highest BCUT2D eigenvalue weighted by Gasteiger charge is 2.47. The van der Waals surface area contributed by atoms with Crippen LogP contribution in [0.2, 0.25) is 0 Å². The molecule has 1 saturated carbocycles. The summed E-state index contributed by atoms with van der Waals surface area (Å²) in [5.74, 6) is -1.71. The van der Waals surface area contributed by atoms with Gasteiger partial charge in [-0.2, -0.15) is 4.31 Å². The fourth-order valence-electron chi connectivity index (χ4n) is 3.49. The van der Waals surface area contributed by atoms with Gasteiger partial charge in [-0.25, -0.2) is 8.42 Å². The van der Waals surface area contributed by atoms with Crippen LogP contribution < -0.4 is 0 Å². The van der Waals surface area contributed by atoms with E-state index in [2.05, 4.69) is 0 Å². The molecule has 6 nitrogen and oxygen atoms in total. The van der Waals surface area contributed by atoms with Crippen LogP contribution in [0.25, 0.3) is 0 Å². The third kappa shape index (κ3) is 2.99. The standard InChI is InChI=1S/C13H24N2O4S/c1-14(2)9-10-5-4-8-15(10)20(18,19)12-7-3-6-11(12)13(16)17/h10-12H,3-9H2,1-2H3,(H,16,17). The van der Waals surface area contributed by atoms with Gasteiger partial charge in [0.2, 0.25) is 10.0 Å². The predicted octanol–water partition coefficient (Wildman–Crippen LogP) is 0.596. The molecule has 0 aromatic rings. The van der Waals surface area contributed by atoms with Crippen molar-refractivity contribution in [3.8, 4) is 0 Å². The van der Waals surface area contributed by atoms with E-state index in [0.717, 1.165) is 12.8 Å². The smallest absolute Gasteiger partial charge is 0.307 e. The summed E-state index contributed by atoms with van der Waals surface area (Å²) in [6.45, 7) is 1.23. The monoisotopic (exact) mass is 304 g/mol. The normalized spacial score (nSPS) is 32.0. The van der Waals surface area contributed by atoms with E-state index in [9.17, 15) is 18.3 Å². The maximum atomic E-state index is 12.8. The van der Waals surface area contributed by atoms with Crippen molar-refractivity contribution in [3.63, 3.8) is 0 Å². The second-order valence-corrected chi connectivity index (χ2v) is 8.23. The summed E-state index contributed by atoms with van der Waals surface area (Å²) in [6, 6.07) is -0.00922. The highest BCUT2D eigenvalue weighted by Crippen LogP contribution is 2.35. The lowest BCUT2D eigenvalue weighted by Gasteiger charge is -2.30. The van der Waals surface area contributed by atoms with Crippen molar-refractivity contribution in [1.82, 2.24) is 9.21 Å². The second-order valence-electron chi connectivity index (χ2n) is 6.13. The van der Waals surface area contributed by atoms with Gasteiger partial charge in [0.15, 0.2) is 0 Å². The van der Waals surface area contributed by atoms with Gasteiger partial charge in [-0.3, -0.25) is 4.79 Å². The molecule has 3 atom stereocenters. The minimum absolute atomic E-state index is 0.00922. The van der Waals surface area contributed by atoms with Crippen LogP contribution in [0.15, 0.2) is 0 Å². The van der Waals surface area contributed by atoms with E-state index in [1.54, 1.807) is 4.31 Å². The molecule has 1 aliphatic carbocycles. The maximum absolute atomic E-state index is 12.8. The van der Waals surface area contributed by atoms with Crippen LogP contribution in [-0.2, 0) is 14.8 Å². The molecule has 0 amide bonds. The summed E-state index contributed by atoms with van der Waals surface area (Å²) >= 11 is 0. The number of aliphatic carboxylic acids is 1. The van der Waals surface area contributed by atoms with Crippen molar-refractivity contribution in [2.45, 2.75) is 43.4 Å². The third-order valence-electron chi connectivity index (χ3n) is 4.38. The minimum Gasteiger partial charge on any atom is -0.481 e. The van der Waals surface area contributed by atoms with Crippen LogP contribution in [0.4, 0.5) is 0 Å². The molecule has 0 aromatic heterocycles. The molecule has 2 fully saturated rings. The molecule has 1 heterocycles. The Morgan fingerprint density at radius 1 is 1.25 bits per heavy atom. The quantitative estimate of drug-likeness (QED) is 0.804. The Morgan fingerprint density at radius 2 is 1.95 bits per heavy atom. The van der Waals surface area contributed by atoms with Gasteiger partial charge in [0.05, 0.1) is 11.2 Å². The number of carboxylic acid groups (broad SMARTS) is 1. The van der Waals surface area contributed by atoms with Crippen LogP contribution in [0, 0.1) is 5.92 Å². The van der Waals surface area contributed by atoms with Gasteiger partial charge in [0.25, 0.3) is 0 Å². The van der Waals surface area contributed by atoms with E-state index in [-0.39, 0.29) is 6.04 Å². The summed E-state index contributed by atoms with van der Waals surface area (Å²) in [4.78, 5) is 13.2. The highest BCUT2D eigenvalue weighted by molar-refractivity contribution is 7.89. The minimum atomic E-state index is -3.50. The van der Waals surface area contributed by atoms with Crippen LogP contribution in [0.3, 0.4) is 0 Å². The fourth-order valence-corrected chi connectivity index (χ4v) is 5.94. The van der Waals surface area contributed by atoms with Crippen molar-refractivity contribution in [1.29, 1.82) is 0 Å². The molecule has 1 aliphatic heterocycles. The Hall–Kier alpha value is -0.660. The zero-order valence-electron chi connectivity index (χ0n) is 12.2. The first-order valence-corrected chi connectivity index (χ1v) is 8.72. The Kier molecular flexibility index (Phi) is 4.71. The van der Waals surface area contributed by atoms with E-state index in [4.69, 9.17) is 0 Å². The van der Waals surface area contributed by atoms with Gasteiger partial charge in [0, 0.05) is 19.1 Å². The Balaban J connectivity index is 2.19. The first kappa shape index (κ1) is 15.7. The predicted molar refractivity (Wildman–Crippen MR) is 76.0 cm³/mol. The van der Waals surface area contributed by atoms with E-state index in [0.29, 0.717) is 32.4 Å². The lowest BCUT2D eigenvalue weighted by Crippen LogP contribution is -2.47. The molecule has 7 heteroatoms. The summed E-state index contributed by atoms with van der Waals surface area (Å²) in [5.41, 5.74) is 0. The number of likely N-dealkylation sites (N-methyl/N-ethyl adjacent to an activating group) is 1. The number of carbonyl (C=O) groups is 1. The van der Waals surface area contributed by atoms with Crippen LogP contribution >= 0.6 is 0 Å². The maximum Gasteiger partial charge on any atom is 0.307 e. The van der Waals surface area contributed by atoms with Crippen molar-refractivity contribution in [2.75, 3.05) is 27.2 Å². The molecule has 3 unspecified atom stereocenters. The average molecular weight is 304 g/mol. The largest absolute Gasteiger partial charge is 0.481 e. The number of hydrogen-bond acceptors (Lipinski definition) is 4.